The summed E-state index contributed by atoms with van der Waals surface area (Å²) < 4.78 is 5.62. The molecule has 1 aromatic carbocycles. The molecule has 2 heterocycles. The summed E-state index contributed by atoms with van der Waals surface area (Å²) in [6.07, 6.45) is 4.07. The molecule has 0 spiro atoms. The van der Waals surface area contributed by atoms with Crippen molar-refractivity contribution in [2.75, 3.05) is 11.9 Å². The summed E-state index contributed by atoms with van der Waals surface area (Å²) >= 11 is 0. The Bertz CT molecular complexity index is 963. The van der Waals surface area contributed by atoms with Gasteiger partial charge in [-0.3, -0.25) is 9.59 Å². The zero-order chi connectivity index (χ0) is 20.5. The van der Waals surface area contributed by atoms with Crippen molar-refractivity contribution in [3.05, 3.63) is 47.2 Å². The lowest BCUT2D eigenvalue weighted by Crippen LogP contribution is -2.48. The van der Waals surface area contributed by atoms with E-state index >= 15 is 0 Å². The second-order valence-corrected chi connectivity index (χ2v) is 7.62. The van der Waals surface area contributed by atoms with Crippen LogP contribution >= 0.6 is 0 Å². The third-order valence-corrected chi connectivity index (χ3v) is 5.36. The lowest BCUT2D eigenvalue weighted by molar-refractivity contribution is -0.143. The quantitative estimate of drug-likeness (QED) is 0.801. The second-order valence-electron chi connectivity index (χ2n) is 7.62. The summed E-state index contributed by atoms with van der Waals surface area (Å²) in [6, 6.07) is 5.70. The lowest BCUT2D eigenvalue weighted by Gasteiger charge is -2.33. The van der Waals surface area contributed by atoms with Gasteiger partial charge in [0, 0.05) is 23.7 Å². The molecule has 1 aliphatic carbocycles. The van der Waals surface area contributed by atoms with Gasteiger partial charge in [0.2, 0.25) is 5.76 Å². The predicted molar refractivity (Wildman–Crippen MR) is 104 cm³/mol. The van der Waals surface area contributed by atoms with Crippen molar-refractivity contribution in [2.45, 2.75) is 51.0 Å². The minimum absolute atomic E-state index is 0.172. The first-order chi connectivity index (χ1) is 13.9. The van der Waals surface area contributed by atoms with Crippen LogP contribution in [0.1, 0.15) is 70.5 Å². The number of carboxylic acids is 1. The number of hydrogen-bond donors (Lipinski definition) is 2. The molecule has 2 fully saturated rings. The Balaban J connectivity index is 1.50. The fourth-order valence-electron chi connectivity index (χ4n) is 3.65. The SMILES string of the molecule is Cc1nc(C2CC2)oc1C(=O)Nc1cccc(C(=O)N2CCCCC2C(=O)O)c1. The smallest absolute Gasteiger partial charge is 0.326 e. The van der Waals surface area contributed by atoms with Crippen molar-refractivity contribution in [3.63, 3.8) is 0 Å². The highest BCUT2D eigenvalue weighted by atomic mass is 16.4. The van der Waals surface area contributed by atoms with E-state index in [1.165, 1.54) is 4.90 Å². The average molecular weight is 397 g/mol. The summed E-state index contributed by atoms with van der Waals surface area (Å²) in [5.41, 5.74) is 1.31. The number of carbonyl (C=O) groups excluding carboxylic acids is 2. The molecule has 1 aromatic heterocycles. The number of nitrogens with one attached hydrogen (secondary N) is 1. The minimum atomic E-state index is -0.991. The molecule has 1 atom stereocenters. The zero-order valence-electron chi connectivity index (χ0n) is 16.2. The molecule has 2 N–H and O–H groups in total. The lowest BCUT2D eigenvalue weighted by atomic mass is 10.0. The van der Waals surface area contributed by atoms with E-state index in [0.717, 1.165) is 25.7 Å². The van der Waals surface area contributed by atoms with Crippen molar-refractivity contribution in [1.82, 2.24) is 9.88 Å². The molecular formula is C21H23N3O5. The van der Waals surface area contributed by atoms with Crippen molar-refractivity contribution in [1.29, 1.82) is 0 Å². The van der Waals surface area contributed by atoms with Crippen LogP contribution in [-0.4, -0.2) is 45.4 Å². The molecule has 8 nitrogen and oxygen atoms in total. The maximum Gasteiger partial charge on any atom is 0.326 e. The van der Waals surface area contributed by atoms with E-state index in [4.69, 9.17) is 4.42 Å². The fourth-order valence-corrected chi connectivity index (χ4v) is 3.65. The first kappa shape index (κ1) is 19.2. The van der Waals surface area contributed by atoms with Gasteiger partial charge in [0.15, 0.2) is 5.89 Å². The highest BCUT2D eigenvalue weighted by Gasteiger charge is 2.33. The number of aliphatic carboxylic acids is 1. The maximum absolute atomic E-state index is 12.9. The van der Waals surface area contributed by atoms with Gasteiger partial charge < -0.3 is 19.7 Å². The number of anilines is 1. The molecule has 1 unspecified atom stereocenters. The number of nitrogens with zero attached hydrogens (tertiary/aromatic N) is 2. The van der Waals surface area contributed by atoms with E-state index in [1.54, 1.807) is 31.2 Å². The molecule has 0 radical (unpaired) electrons. The summed E-state index contributed by atoms with van der Waals surface area (Å²) in [6.45, 7) is 2.14. The number of aromatic nitrogens is 1. The molecule has 152 valence electrons. The molecule has 2 aromatic rings. The Morgan fingerprint density at radius 1 is 1.21 bits per heavy atom. The number of oxazole rings is 1. The molecule has 1 aliphatic heterocycles. The van der Waals surface area contributed by atoms with Gasteiger partial charge >= 0.3 is 5.97 Å². The highest BCUT2D eigenvalue weighted by Crippen LogP contribution is 2.40. The third-order valence-electron chi connectivity index (χ3n) is 5.36. The summed E-state index contributed by atoms with van der Waals surface area (Å²) in [7, 11) is 0. The summed E-state index contributed by atoms with van der Waals surface area (Å²) in [5, 5.41) is 12.2. The van der Waals surface area contributed by atoms with Gasteiger partial charge in [-0.15, -0.1) is 0 Å². The van der Waals surface area contributed by atoms with Gasteiger partial charge in [0.25, 0.3) is 11.8 Å². The van der Waals surface area contributed by atoms with E-state index in [0.29, 0.717) is 41.7 Å². The van der Waals surface area contributed by atoms with Crippen LogP contribution in [0.2, 0.25) is 0 Å². The Kier molecular flexibility index (Phi) is 5.08. The van der Waals surface area contributed by atoms with Gasteiger partial charge in [0.1, 0.15) is 6.04 Å². The van der Waals surface area contributed by atoms with Crippen LogP contribution in [0.4, 0.5) is 5.69 Å². The largest absolute Gasteiger partial charge is 0.480 e. The number of carbonyl (C=O) groups is 3. The van der Waals surface area contributed by atoms with Gasteiger partial charge in [0.05, 0.1) is 5.69 Å². The molecule has 2 amide bonds. The van der Waals surface area contributed by atoms with E-state index in [2.05, 4.69) is 10.3 Å². The van der Waals surface area contributed by atoms with Gasteiger partial charge in [-0.2, -0.15) is 0 Å². The Hall–Kier alpha value is -3.16. The monoisotopic (exact) mass is 397 g/mol. The number of likely N-dealkylation sites (tertiary alicyclic amines) is 1. The number of hydrogen-bond acceptors (Lipinski definition) is 5. The molecule has 0 bridgehead atoms. The third kappa shape index (κ3) is 4.01. The Labute approximate surface area is 167 Å². The number of rotatable bonds is 5. The standard InChI is InChI=1S/C21H23N3O5/c1-12-17(29-19(22-12)13-8-9-13)18(25)23-15-6-4-5-14(11-15)20(26)24-10-3-2-7-16(24)21(27)28/h4-6,11,13,16H,2-3,7-10H2,1H3,(H,23,25)(H,27,28). The molecule has 8 heteroatoms. The molecule has 4 rings (SSSR count). The molecular weight excluding hydrogens is 374 g/mol. The zero-order valence-corrected chi connectivity index (χ0v) is 16.2. The minimum Gasteiger partial charge on any atom is -0.480 e. The van der Waals surface area contributed by atoms with Crippen LogP contribution in [-0.2, 0) is 4.79 Å². The first-order valence-corrected chi connectivity index (χ1v) is 9.86. The number of carboxylic acid groups (broad SMARTS) is 1. The predicted octanol–water partition coefficient (Wildman–Crippen LogP) is 3.19. The second kappa shape index (κ2) is 7.69. The van der Waals surface area contributed by atoms with Gasteiger partial charge in [-0.05, 0) is 57.2 Å². The van der Waals surface area contributed by atoms with Crippen LogP contribution in [0.5, 0.6) is 0 Å². The van der Waals surface area contributed by atoms with Crippen LogP contribution in [0.3, 0.4) is 0 Å². The van der Waals surface area contributed by atoms with Crippen molar-refractivity contribution >= 4 is 23.5 Å². The fraction of sp³-hybridized carbons (Fsp3) is 0.429. The Morgan fingerprint density at radius 2 is 2.00 bits per heavy atom. The molecule has 1 saturated carbocycles. The van der Waals surface area contributed by atoms with Crippen LogP contribution in [0.15, 0.2) is 28.7 Å². The number of benzene rings is 1. The van der Waals surface area contributed by atoms with Crippen LogP contribution < -0.4 is 5.32 Å². The topological polar surface area (TPSA) is 113 Å². The number of piperidine rings is 1. The van der Waals surface area contributed by atoms with Gasteiger partial charge in [-0.1, -0.05) is 6.07 Å². The van der Waals surface area contributed by atoms with E-state index < -0.39 is 17.9 Å². The van der Waals surface area contributed by atoms with Crippen LogP contribution in [0, 0.1) is 6.92 Å². The Morgan fingerprint density at radius 3 is 2.72 bits per heavy atom. The number of amides is 2. The van der Waals surface area contributed by atoms with E-state index in [-0.39, 0.29) is 11.7 Å². The first-order valence-electron chi connectivity index (χ1n) is 9.86. The van der Waals surface area contributed by atoms with Crippen LogP contribution in [0.25, 0.3) is 0 Å². The van der Waals surface area contributed by atoms with Crippen molar-refractivity contribution < 1.29 is 23.9 Å². The normalized spacial score (nSPS) is 19.1. The van der Waals surface area contributed by atoms with Crippen molar-refractivity contribution in [2.24, 2.45) is 0 Å². The number of aryl methyl sites for hydroxylation is 1. The maximum atomic E-state index is 12.9. The van der Waals surface area contributed by atoms with E-state index in [1.807, 2.05) is 0 Å². The molecule has 1 saturated heterocycles. The van der Waals surface area contributed by atoms with Crippen molar-refractivity contribution in [3.8, 4) is 0 Å². The van der Waals surface area contributed by atoms with Gasteiger partial charge in [-0.25, -0.2) is 9.78 Å². The summed E-state index contributed by atoms with van der Waals surface area (Å²) in [4.78, 5) is 42.7. The molecule has 29 heavy (non-hydrogen) atoms. The average Bonchev–Trinajstić information content (AvgIpc) is 3.49. The highest BCUT2D eigenvalue weighted by molar-refractivity contribution is 6.04. The molecule has 2 aliphatic rings. The summed E-state index contributed by atoms with van der Waals surface area (Å²) in [5.74, 6) is -0.683. The van der Waals surface area contributed by atoms with E-state index in [9.17, 15) is 19.5 Å².